The summed E-state index contributed by atoms with van der Waals surface area (Å²) in [6.07, 6.45) is 11.1. The van der Waals surface area contributed by atoms with E-state index in [-0.39, 0.29) is 11.3 Å². The lowest BCUT2D eigenvalue weighted by molar-refractivity contribution is -0.117. The molecule has 0 aliphatic carbocycles. The molecule has 3 N–H and O–H groups in total. The summed E-state index contributed by atoms with van der Waals surface area (Å²) >= 11 is 0. The van der Waals surface area contributed by atoms with Gasteiger partial charge in [-0.25, -0.2) is 9.97 Å². The number of carbonyl (C=O) groups excluding carboxylic acids is 1. The molecule has 0 aliphatic heterocycles. The van der Waals surface area contributed by atoms with E-state index in [1.165, 1.54) is 0 Å². The second kappa shape index (κ2) is 8.91. The van der Waals surface area contributed by atoms with Crippen LogP contribution in [0.5, 0.6) is 0 Å². The van der Waals surface area contributed by atoms with E-state index in [2.05, 4.69) is 46.5 Å². The minimum absolute atomic E-state index is 0.0466. The molecule has 0 spiro atoms. The van der Waals surface area contributed by atoms with E-state index < -0.39 is 0 Å². The molecule has 6 aromatic rings. The molecule has 190 valence electrons. The SMILES string of the molecule is Cc1cn(-c2ccnc3[nH]c(-c4n[nH]c5cnc(-c6cncc(NC(=O)CC(C)(C)C)c6)cc45)cc23)cn1. The fourth-order valence-electron chi connectivity index (χ4n) is 4.53. The van der Waals surface area contributed by atoms with Crippen LogP contribution in [0.1, 0.15) is 32.9 Å². The summed E-state index contributed by atoms with van der Waals surface area (Å²) in [5, 5.41) is 12.5. The van der Waals surface area contributed by atoms with Crippen molar-refractivity contribution >= 4 is 33.5 Å². The predicted octanol–water partition coefficient (Wildman–Crippen LogP) is 5.43. The van der Waals surface area contributed by atoms with Crippen LogP contribution in [0, 0.1) is 12.3 Å². The van der Waals surface area contributed by atoms with E-state index in [1.54, 1.807) is 31.1 Å². The molecule has 0 atom stereocenters. The number of hydrogen-bond acceptors (Lipinski definition) is 6. The summed E-state index contributed by atoms with van der Waals surface area (Å²) in [6.45, 7) is 8.06. The first-order valence-corrected chi connectivity index (χ1v) is 12.3. The molecule has 1 amide bonds. The number of anilines is 1. The standard InChI is InChI=1S/C28H27N9O/c1-16-14-37(15-32-16)24-5-6-30-27-20(24)9-22(34-27)26-19-8-21(31-13-23(19)35-36-26)17-7-18(12-29-11-17)33-25(38)10-28(2,3)4/h5-9,11-15H,10H2,1-4H3,(H,30,34)(H,33,38)(H,35,36). The van der Waals surface area contributed by atoms with Gasteiger partial charge in [-0.3, -0.25) is 19.9 Å². The highest BCUT2D eigenvalue weighted by atomic mass is 16.1. The van der Waals surface area contributed by atoms with Gasteiger partial charge in [0.15, 0.2) is 0 Å². The lowest BCUT2D eigenvalue weighted by Gasteiger charge is -2.17. The van der Waals surface area contributed by atoms with Crippen LogP contribution >= 0.6 is 0 Å². The second-order valence-electron chi connectivity index (χ2n) is 10.6. The Kier molecular flexibility index (Phi) is 5.52. The highest BCUT2D eigenvalue weighted by molar-refractivity contribution is 5.98. The fraction of sp³-hybridized carbons (Fsp3) is 0.214. The average Bonchev–Trinajstić information content (AvgIpc) is 3.60. The summed E-state index contributed by atoms with van der Waals surface area (Å²) in [7, 11) is 0. The van der Waals surface area contributed by atoms with Gasteiger partial charge in [0.25, 0.3) is 0 Å². The van der Waals surface area contributed by atoms with E-state index in [0.717, 1.165) is 56.0 Å². The largest absolute Gasteiger partial charge is 0.338 e. The number of aromatic amines is 2. The minimum Gasteiger partial charge on any atom is -0.338 e. The predicted molar refractivity (Wildman–Crippen MR) is 147 cm³/mol. The zero-order chi connectivity index (χ0) is 26.4. The molecule has 0 bridgehead atoms. The van der Waals surface area contributed by atoms with Gasteiger partial charge < -0.3 is 14.9 Å². The molecule has 38 heavy (non-hydrogen) atoms. The van der Waals surface area contributed by atoms with Gasteiger partial charge in [-0.2, -0.15) is 5.10 Å². The molecule has 0 fully saturated rings. The highest BCUT2D eigenvalue weighted by Crippen LogP contribution is 2.32. The Hall–Kier alpha value is -4.86. The second-order valence-corrected chi connectivity index (χ2v) is 10.6. The van der Waals surface area contributed by atoms with Gasteiger partial charge in [-0.15, -0.1) is 0 Å². The molecule has 6 heterocycles. The third kappa shape index (κ3) is 4.52. The van der Waals surface area contributed by atoms with Crippen molar-refractivity contribution in [3.05, 3.63) is 67.3 Å². The Morgan fingerprint density at radius 2 is 1.92 bits per heavy atom. The normalized spacial score (nSPS) is 11.9. The maximum atomic E-state index is 12.4. The molecule has 0 saturated carbocycles. The van der Waals surface area contributed by atoms with Crippen LogP contribution in [0.4, 0.5) is 5.69 Å². The van der Waals surface area contributed by atoms with Crippen LogP contribution in [0.25, 0.3) is 50.3 Å². The quantitative estimate of drug-likeness (QED) is 0.286. The smallest absolute Gasteiger partial charge is 0.224 e. The van der Waals surface area contributed by atoms with Crippen molar-refractivity contribution < 1.29 is 4.79 Å². The monoisotopic (exact) mass is 505 g/mol. The Bertz CT molecular complexity index is 1800. The Balaban J connectivity index is 1.36. The molecule has 0 aliphatic rings. The Labute approximate surface area is 218 Å². The fourth-order valence-corrected chi connectivity index (χ4v) is 4.53. The first-order chi connectivity index (χ1) is 18.2. The third-order valence-corrected chi connectivity index (χ3v) is 6.21. The molecule has 0 aromatic carbocycles. The van der Waals surface area contributed by atoms with Crippen LogP contribution in [-0.4, -0.2) is 45.6 Å². The number of hydrogen-bond donors (Lipinski definition) is 3. The van der Waals surface area contributed by atoms with Gasteiger partial charge in [0, 0.05) is 41.3 Å². The summed E-state index contributed by atoms with van der Waals surface area (Å²) < 4.78 is 1.99. The van der Waals surface area contributed by atoms with Crippen molar-refractivity contribution in [2.45, 2.75) is 34.1 Å². The summed E-state index contributed by atoms with van der Waals surface area (Å²) in [5.41, 5.74) is 7.14. The van der Waals surface area contributed by atoms with Gasteiger partial charge >= 0.3 is 0 Å². The number of fused-ring (bicyclic) bond motifs is 2. The number of nitrogens with one attached hydrogen (secondary N) is 3. The third-order valence-electron chi connectivity index (χ3n) is 6.21. The molecule has 10 nitrogen and oxygen atoms in total. The van der Waals surface area contributed by atoms with Crippen LogP contribution in [0.15, 0.2) is 61.6 Å². The molecular weight excluding hydrogens is 478 g/mol. The van der Waals surface area contributed by atoms with Crippen LogP contribution < -0.4 is 5.32 Å². The number of pyridine rings is 3. The molecule has 0 unspecified atom stereocenters. The molecule has 10 heteroatoms. The minimum atomic E-state index is -0.101. The maximum absolute atomic E-state index is 12.4. The first-order valence-electron chi connectivity index (χ1n) is 12.3. The van der Waals surface area contributed by atoms with Gasteiger partial charge in [0.1, 0.15) is 11.3 Å². The lowest BCUT2D eigenvalue weighted by atomic mass is 9.92. The molecule has 6 rings (SSSR count). The van der Waals surface area contributed by atoms with Gasteiger partial charge in [0.05, 0.1) is 52.7 Å². The number of carbonyl (C=O) groups is 1. The van der Waals surface area contributed by atoms with Gasteiger partial charge in [0.2, 0.25) is 5.91 Å². The highest BCUT2D eigenvalue weighted by Gasteiger charge is 2.18. The Morgan fingerprint density at radius 1 is 1.05 bits per heavy atom. The number of rotatable bonds is 5. The van der Waals surface area contributed by atoms with Crippen LogP contribution in [0.2, 0.25) is 0 Å². The van der Waals surface area contributed by atoms with E-state index in [1.807, 2.05) is 56.7 Å². The van der Waals surface area contributed by atoms with Gasteiger partial charge in [-0.1, -0.05) is 20.8 Å². The van der Waals surface area contributed by atoms with Crippen molar-refractivity contribution in [2.75, 3.05) is 5.32 Å². The molecule has 0 radical (unpaired) electrons. The maximum Gasteiger partial charge on any atom is 0.224 e. The zero-order valence-corrected chi connectivity index (χ0v) is 21.6. The van der Waals surface area contributed by atoms with Crippen molar-refractivity contribution in [1.82, 2.24) is 39.7 Å². The number of amides is 1. The summed E-state index contributed by atoms with van der Waals surface area (Å²) in [4.78, 5) is 33.6. The number of nitrogens with zero attached hydrogens (tertiary/aromatic N) is 6. The Morgan fingerprint density at radius 3 is 2.71 bits per heavy atom. The number of H-pyrrole nitrogens is 2. The van der Waals surface area contributed by atoms with Crippen molar-refractivity contribution in [3.8, 4) is 28.3 Å². The molecule has 6 aromatic heterocycles. The van der Waals surface area contributed by atoms with E-state index in [9.17, 15) is 4.79 Å². The number of imidazole rings is 1. The molecular formula is C28H27N9O. The van der Waals surface area contributed by atoms with Crippen LogP contribution in [0.3, 0.4) is 0 Å². The first kappa shape index (κ1) is 23.5. The van der Waals surface area contributed by atoms with Crippen LogP contribution in [-0.2, 0) is 4.79 Å². The van der Waals surface area contributed by atoms with Crippen molar-refractivity contribution in [2.24, 2.45) is 5.41 Å². The van der Waals surface area contributed by atoms with E-state index >= 15 is 0 Å². The average molecular weight is 506 g/mol. The van der Waals surface area contributed by atoms with E-state index in [4.69, 9.17) is 0 Å². The molecule has 0 saturated heterocycles. The lowest BCUT2D eigenvalue weighted by Crippen LogP contribution is -2.19. The van der Waals surface area contributed by atoms with Crippen molar-refractivity contribution in [1.29, 1.82) is 0 Å². The van der Waals surface area contributed by atoms with Gasteiger partial charge in [-0.05, 0) is 36.6 Å². The summed E-state index contributed by atoms with van der Waals surface area (Å²) in [5.74, 6) is -0.0466. The van der Waals surface area contributed by atoms with Crippen molar-refractivity contribution in [3.63, 3.8) is 0 Å². The number of aromatic nitrogens is 8. The zero-order valence-electron chi connectivity index (χ0n) is 21.6. The van der Waals surface area contributed by atoms with E-state index in [0.29, 0.717) is 12.1 Å². The number of aryl methyl sites for hydroxylation is 1. The summed E-state index contributed by atoms with van der Waals surface area (Å²) in [6, 6.07) is 7.88. The topological polar surface area (TPSA) is 130 Å².